The van der Waals surface area contributed by atoms with Gasteiger partial charge in [0.15, 0.2) is 0 Å². The van der Waals surface area contributed by atoms with Gasteiger partial charge in [0.2, 0.25) is 0 Å². The molecule has 204 valence electrons. The third-order valence-electron chi connectivity index (χ3n) is 8.08. The average Bonchev–Trinajstić information content (AvgIpc) is 2.88. The number of ether oxygens (including phenoxy) is 1. The van der Waals surface area contributed by atoms with E-state index in [2.05, 4.69) is 10.6 Å². The normalized spacial score (nSPS) is 25.2. The van der Waals surface area contributed by atoms with E-state index in [-0.39, 0.29) is 24.1 Å². The molecule has 2 fully saturated rings. The number of hydrogen-bond donors (Lipinski definition) is 4. The van der Waals surface area contributed by atoms with Gasteiger partial charge in [-0.1, -0.05) is 23.7 Å². The summed E-state index contributed by atoms with van der Waals surface area (Å²) >= 11 is 6.30. The summed E-state index contributed by atoms with van der Waals surface area (Å²) in [5.41, 5.74) is -0.225. The highest BCUT2D eigenvalue weighted by Gasteiger charge is 2.41. The van der Waals surface area contributed by atoms with Gasteiger partial charge in [-0.3, -0.25) is 0 Å². The summed E-state index contributed by atoms with van der Waals surface area (Å²) in [5, 5.41) is 29.0. The SMILES string of the molecule is CNC[C@H](CC1CCC(O)CC1)NC(=O)N1CCC[C@@H]([C@@](O)(CCCCOC)c2cccc(Cl)c2)C1. The van der Waals surface area contributed by atoms with Gasteiger partial charge in [0.25, 0.3) is 0 Å². The molecule has 7 nitrogen and oxygen atoms in total. The number of likely N-dealkylation sites (N-methyl/N-ethyl adjacent to an activating group) is 1. The van der Waals surface area contributed by atoms with E-state index in [0.717, 1.165) is 63.4 Å². The Morgan fingerprint density at radius 3 is 2.72 bits per heavy atom. The van der Waals surface area contributed by atoms with Crippen LogP contribution in [0.4, 0.5) is 4.79 Å². The lowest BCUT2D eigenvalue weighted by atomic mass is 9.74. The molecule has 0 radical (unpaired) electrons. The van der Waals surface area contributed by atoms with Gasteiger partial charge in [0.1, 0.15) is 0 Å². The molecule has 1 saturated carbocycles. The Kier molecular flexibility index (Phi) is 11.8. The molecule has 36 heavy (non-hydrogen) atoms. The summed E-state index contributed by atoms with van der Waals surface area (Å²) in [6.45, 7) is 2.59. The first kappa shape index (κ1) is 29.2. The first-order chi connectivity index (χ1) is 17.4. The van der Waals surface area contributed by atoms with Crippen LogP contribution in [0.1, 0.15) is 69.8 Å². The Morgan fingerprint density at radius 2 is 2.03 bits per heavy atom. The van der Waals surface area contributed by atoms with Gasteiger partial charge in [-0.15, -0.1) is 0 Å². The molecule has 0 aromatic heterocycles. The molecule has 8 heteroatoms. The van der Waals surface area contributed by atoms with Gasteiger partial charge in [0.05, 0.1) is 11.7 Å². The predicted octanol–water partition coefficient (Wildman–Crippen LogP) is 4.30. The van der Waals surface area contributed by atoms with Gasteiger partial charge < -0.3 is 30.5 Å². The van der Waals surface area contributed by atoms with Gasteiger partial charge in [-0.25, -0.2) is 4.79 Å². The Bertz CT molecular complexity index is 805. The van der Waals surface area contributed by atoms with Crippen molar-refractivity contribution in [2.24, 2.45) is 11.8 Å². The molecule has 0 bridgehead atoms. The molecule has 2 aliphatic rings. The summed E-state index contributed by atoms with van der Waals surface area (Å²) in [7, 11) is 3.61. The molecule has 0 spiro atoms. The Morgan fingerprint density at radius 1 is 1.25 bits per heavy atom. The molecule has 4 N–H and O–H groups in total. The van der Waals surface area contributed by atoms with E-state index < -0.39 is 5.60 Å². The van der Waals surface area contributed by atoms with Crippen LogP contribution in [0.25, 0.3) is 0 Å². The molecule has 1 aromatic rings. The second kappa shape index (κ2) is 14.5. The second-order valence-electron chi connectivity index (χ2n) is 10.8. The number of benzene rings is 1. The first-order valence-corrected chi connectivity index (χ1v) is 14.1. The lowest BCUT2D eigenvalue weighted by Gasteiger charge is -2.43. The molecule has 1 aliphatic carbocycles. The number of carbonyl (C=O) groups is 1. The number of amides is 2. The molecule has 1 aliphatic heterocycles. The number of methoxy groups -OCH3 is 1. The Hall–Kier alpha value is -1.38. The van der Waals surface area contributed by atoms with Crippen molar-refractivity contribution >= 4 is 17.6 Å². The lowest BCUT2D eigenvalue weighted by molar-refractivity contribution is -0.0564. The molecule has 1 aromatic carbocycles. The van der Waals surface area contributed by atoms with Crippen LogP contribution < -0.4 is 10.6 Å². The van der Waals surface area contributed by atoms with Crippen molar-refractivity contribution < 1.29 is 19.7 Å². The van der Waals surface area contributed by atoms with Crippen molar-refractivity contribution in [3.63, 3.8) is 0 Å². The van der Waals surface area contributed by atoms with E-state index in [1.54, 1.807) is 7.11 Å². The number of unbranched alkanes of at least 4 members (excludes halogenated alkanes) is 1. The molecule has 0 unspecified atom stereocenters. The number of piperidine rings is 1. The molecule has 3 rings (SSSR count). The number of rotatable bonds is 12. The van der Waals surface area contributed by atoms with E-state index in [4.69, 9.17) is 16.3 Å². The number of aliphatic hydroxyl groups is 2. The monoisotopic (exact) mass is 523 g/mol. The van der Waals surface area contributed by atoms with Crippen LogP contribution in [-0.2, 0) is 10.3 Å². The van der Waals surface area contributed by atoms with Crippen molar-refractivity contribution in [1.29, 1.82) is 0 Å². The fourth-order valence-corrected chi connectivity index (χ4v) is 6.21. The van der Waals surface area contributed by atoms with Crippen molar-refractivity contribution in [2.45, 2.75) is 82.0 Å². The molecular formula is C28H46ClN3O4. The number of aliphatic hydroxyl groups excluding tert-OH is 1. The largest absolute Gasteiger partial charge is 0.393 e. The fraction of sp³-hybridized carbons (Fsp3) is 0.750. The maximum Gasteiger partial charge on any atom is 0.317 e. The molecule has 1 heterocycles. The van der Waals surface area contributed by atoms with E-state index in [9.17, 15) is 15.0 Å². The zero-order valence-corrected chi connectivity index (χ0v) is 22.8. The standard InChI is InChI=1S/C28H46ClN3O4/c1-30-19-25(17-21-10-12-26(33)13-11-21)31-27(34)32-15-6-8-23(20-32)28(35,14-3-4-16-36-2)22-7-5-9-24(29)18-22/h5,7,9,18,21,23,25-26,30,33,35H,3-4,6,8,10-17,19-20H2,1-2H3,(H,31,34)/t21?,23-,25+,26?,28-/m1/s1. The number of nitrogens with one attached hydrogen (secondary N) is 2. The smallest absolute Gasteiger partial charge is 0.317 e. The highest BCUT2D eigenvalue weighted by atomic mass is 35.5. The topological polar surface area (TPSA) is 94.1 Å². The number of nitrogens with zero attached hydrogens (tertiary/aromatic N) is 1. The van der Waals surface area contributed by atoms with Crippen molar-refractivity contribution in [3.05, 3.63) is 34.9 Å². The van der Waals surface area contributed by atoms with Crippen LogP contribution in [0.3, 0.4) is 0 Å². The minimum absolute atomic E-state index is 0.0453. The molecular weight excluding hydrogens is 478 g/mol. The molecule has 3 atom stereocenters. The summed E-state index contributed by atoms with van der Waals surface area (Å²) in [4.78, 5) is 15.2. The average molecular weight is 524 g/mol. The fourth-order valence-electron chi connectivity index (χ4n) is 6.02. The maximum atomic E-state index is 13.4. The minimum atomic E-state index is -1.05. The zero-order valence-electron chi connectivity index (χ0n) is 22.1. The van der Waals surface area contributed by atoms with E-state index in [0.29, 0.717) is 43.6 Å². The van der Waals surface area contributed by atoms with Crippen LogP contribution in [0.2, 0.25) is 5.02 Å². The predicted molar refractivity (Wildman–Crippen MR) is 144 cm³/mol. The van der Waals surface area contributed by atoms with Crippen molar-refractivity contribution in [2.75, 3.05) is 40.4 Å². The molecule has 2 amide bonds. The molecule has 1 saturated heterocycles. The first-order valence-electron chi connectivity index (χ1n) is 13.7. The van der Waals surface area contributed by atoms with Crippen molar-refractivity contribution in [1.82, 2.24) is 15.5 Å². The number of halogens is 1. The third kappa shape index (κ3) is 8.32. The van der Waals surface area contributed by atoms with Crippen LogP contribution in [0.15, 0.2) is 24.3 Å². The summed E-state index contributed by atoms with van der Waals surface area (Å²) in [6.07, 6.45) is 8.51. The van der Waals surface area contributed by atoms with E-state index >= 15 is 0 Å². The van der Waals surface area contributed by atoms with E-state index in [1.807, 2.05) is 36.2 Å². The lowest BCUT2D eigenvalue weighted by Crippen LogP contribution is -2.54. The Balaban J connectivity index is 1.66. The van der Waals surface area contributed by atoms with Crippen LogP contribution in [-0.4, -0.2) is 73.7 Å². The quantitative estimate of drug-likeness (QED) is 0.306. The summed E-state index contributed by atoms with van der Waals surface area (Å²) < 4.78 is 5.21. The van der Waals surface area contributed by atoms with Crippen LogP contribution >= 0.6 is 11.6 Å². The van der Waals surface area contributed by atoms with Crippen LogP contribution in [0.5, 0.6) is 0 Å². The van der Waals surface area contributed by atoms with Crippen LogP contribution in [0, 0.1) is 11.8 Å². The highest BCUT2D eigenvalue weighted by Crippen LogP contribution is 2.40. The zero-order chi connectivity index (χ0) is 26.0. The summed E-state index contributed by atoms with van der Waals surface area (Å²) in [6, 6.07) is 7.52. The van der Waals surface area contributed by atoms with Gasteiger partial charge >= 0.3 is 6.03 Å². The Labute approximate surface area is 221 Å². The summed E-state index contributed by atoms with van der Waals surface area (Å²) in [5.74, 6) is 0.460. The number of hydrogen-bond acceptors (Lipinski definition) is 5. The van der Waals surface area contributed by atoms with Gasteiger partial charge in [-0.05, 0) is 94.9 Å². The van der Waals surface area contributed by atoms with Crippen molar-refractivity contribution in [3.8, 4) is 0 Å². The second-order valence-corrected chi connectivity index (χ2v) is 11.2. The minimum Gasteiger partial charge on any atom is -0.393 e. The van der Waals surface area contributed by atoms with Gasteiger partial charge in [0, 0.05) is 50.3 Å². The number of likely N-dealkylation sites (tertiary alicyclic amines) is 1. The van der Waals surface area contributed by atoms with E-state index in [1.165, 1.54) is 0 Å². The highest BCUT2D eigenvalue weighted by molar-refractivity contribution is 6.30. The third-order valence-corrected chi connectivity index (χ3v) is 8.31. The number of carbonyl (C=O) groups excluding carboxylic acids is 1. The maximum absolute atomic E-state index is 13.4. The number of urea groups is 1. The van der Waals surface area contributed by atoms with Gasteiger partial charge in [-0.2, -0.15) is 0 Å².